The lowest BCUT2D eigenvalue weighted by Crippen LogP contribution is -2.18. The van der Waals surface area contributed by atoms with Crippen molar-refractivity contribution in [1.82, 2.24) is 0 Å². The quantitative estimate of drug-likeness (QED) is 0.473. The van der Waals surface area contributed by atoms with E-state index in [9.17, 15) is 40.5 Å². The lowest BCUT2D eigenvalue weighted by molar-refractivity contribution is -0.385. The summed E-state index contributed by atoms with van der Waals surface area (Å²) in [5.74, 6) is -4.49. The van der Waals surface area contributed by atoms with Gasteiger partial charge in [-0.1, -0.05) is 18.2 Å². The van der Waals surface area contributed by atoms with Gasteiger partial charge in [0.05, 0.1) is 16.2 Å². The number of nitrogens with zero attached hydrogens (tertiary/aromatic N) is 1. The molecule has 140 valence electrons. The highest BCUT2D eigenvalue weighted by Gasteiger charge is 2.35. The van der Waals surface area contributed by atoms with Crippen molar-refractivity contribution in [2.75, 3.05) is 4.72 Å². The highest BCUT2D eigenvalue weighted by atomic mass is 32.2. The number of rotatable bonds is 5. The Balaban J connectivity index is 2.34. The monoisotopic (exact) mass is 396 g/mol. The molecule has 0 spiro atoms. The van der Waals surface area contributed by atoms with E-state index in [1.54, 1.807) is 4.72 Å². The number of benzene rings is 2. The molecule has 0 aliphatic heterocycles. The van der Waals surface area contributed by atoms with Crippen LogP contribution >= 0.6 is 0 Å². The largest absolute Gasteiger partial charge is 0.419 e. The van der Waals surface area contributed by atoms with Crippen LogP contribution < -0.4 is 4.72 Å². The Morgan fingerprint density at radius 1 is 1.08 bits per heavy atom. The number of para-hydroxylation sites is 1. The zero-order valence-electron chi connectivity index (χ0n) is 12.5. The van der Waals surface area contributed by atoms with E-state index in [2.05, 4.69) is 0 Å². The molecular formula is C14H9F5N2O4S. The summed E-state index contributed by atoms with van der Waals surface area (Å²) in [5.41, 5.74) is -3.69. The molecular weight excluding hydrogens is 387 g/mol. The van der Waals surface area contributed by atoms with E-state index in [-0.39, 0.29) is 17.7 Å². The molecule has 0 saturated carbocycles. The standard InChI is InChI=1S/C14H9F5N2O4S/c15-10-6-12(11(16)5-9(10)14(17,18)19)20-26(24,25)7-8-3-1-2-4-13(8)21(22)23/h1-6,20H,7H2. The van der Waals surface area contributed by atoms with E-state index in [4.69, 9.17) is 0 Å². The van der Waals surface area contributed by atoms with E-state index in [0.29, 0.717) is 0 Å². The van der Waals surface area contributed by atoms with Crippen LogP contribution in [-0.4, -0.2) is 13.3 Å². The fourth-order valence-electron chi connectivity index (χ4n) is 2.06. The van der Waals surface area contributed by atoms with E-state index >= 15 is 0 Å². The molecule has 0 aliphatic carbocycles. The summed E-state index contributed by atoms with van der Waals surface area (Å²) in [6, 6.07) is 4.68. The number of nitro groups is 1. The average molecular weight is 396 g/mol. The number of sulfonamides is 1. The lowest BCUT2D eigenvalue weighted by atomic mass is 10.2. The number of nitrogens with one attached hydrogen (secondary N) is 1. The summed E-state index contributed by atoms with van der Waals surface area (Å²) in [6.07, 6.45) is -5.16. The van der Waals surface area contributed by atoms with Crippen LogP contribution in [0.2, 0.25) is 0 Å². The van der Waals surface area contributed by atoms with Crippen LogP contribution in [0.25, 0.3) is 0 Å². The van der Waals surface area contributed by atoms with Gasteiger partial charge in [0.25, 0.3) is 5.69 Å². The number of halogens is 5. The molecule has 26 heavy (non-hydrogen) atoms. The number of anilines is 1. The van der Waals surface area contributed by atoms with Gasteiger partial charge in [-0.3, -0.25) is 14.8 Å². The van der Waals surface area contributed by atoms with Crippen molar-refractivity contribution >= 4 is 21.4 Å². The van der Waals surface area contributed by atoms with Gasteiger partial charge in [0.15, 0.2) is 0 Å². The Kier molecular flexibility index (Phi) is 5.16. The van der Waals surface area contributed by atoms with Crippen LogP contribution in [0.3, 0.4) is 0 Å². The van der Waals surface area contributed by atoms with Gasteiger partial charge in [-0.15, -0.1) is 0 Å². The van der Waals surface area contributed by atoms with E-state index in [0.717, 1.165) is 12.1 Å². The van der Waals surface area contributed by atoms with Crippen LogP contribution in [-0.2, 0) is 22.0 Å². The fourth-order valence-corrected chi connectivity index (χ4v) is 3.28. The van der Waals surface area contributed by atoms with Gasteiger partial charge in [-0.05, 0) is 6.07 Å². The van der Waals surface area contributed by atoms with Crippen LogP contribution in [0.4, 0.5) is 33.3 Å². The molecule has 0 unspecified atom stereocenters. The first-order valence-electron chi connectivity index (χ1n) is 6.70. The number of nitro benzene ring substituents is 1. The molecule has 0 saturated heterocycles. The predicted octanol–water partition coefficient (Wildman–Crippen LogP) is 3.83. The summed E-state index contributed by atoms with van der Waals surface area (Å²) in [5, 5.41) is 10.9. The molecule has 2 rings (SSSR count). The number of alkyl halides is 3. The highest BCUT2D eigenvalue weighted by molar-refractivity contribution is 7.91. The summed E-state index contributed by atoms with van der Waals surface area (Å²) >= 11 is 0. The first-order valence-corrected chi connectivity index (χ1v) is 8.35. The van der Waals surface area contributed by atoms with Crippen LogP contribution in [0.15, 0.2) is 36.4 Å². The van der Waals surface area contributed by atoms with Crippen molar-refractivity contribution in [3.8, 4) is 0 Å². The Morgan fingerprint density at radius 2 is 1.69 bits per heavy atom. The number of hydrogen-bond acceptors (Lipinski definition) is 4. The molecule has 0 bridgehead atoms. The Morgan fingerprint density at radius 3 is 2.27 bits per heavy atom. The molecule has 0 radical (unpaired) electrons. The molecule has 2 aromatic carbocycles. The Hall–Kier alpha value is -2.76. The fraction of sp³-hybridized carbons (Fsp3) is 0.143. The Bertz CT molecular complexity index is 960. The van der Waals surface area contributed by atoms with Crippen LogP contribution in [0.1, 0.15) is 11.1 Å². The minimum atomic E-state index is -5.16. The van der Waals surface area contributed by atoms with Crippen molar-refractivity contribution in [2.45, 2.75) is 11.9 Å². The maximum atomic E-state index is 13.7. The van der Waals surface area contributed by atoms with Crippen molar-refractivity contribution in [3.63, 3.8) is 0 Å². The lowest BCUT2D eigenvalue weighted by Gasteiger charge is -2.12. The summed E-state index contributed by atoms with van der Waals surface area (Å²) in [4.78, 5) is 10.0. The maximum absolute atomic E-state index is 13.7. The zero-order valence-corrected chi connectivity index (χ0v) is 13.4. The second kappa shape index (κ2) is 6.86. The predicted molar refractivity (Wildman–Crippen MR) is 80.7 cm³/mol. The van der Waals surface area contributed by atoms with Crippen LogP contribution in [0.5, 0.6) is 0 Å². The average Bonchev–Trinajstić information content (AvgIpc) is 2.49. The number of hydrogen-bond donors (Lipinski definition) is 1. The molecule has 2 aromatic rings. The van der Waals surface area contributed by atoms with Crippen molar-refractivity contribution in [1.29, 1.82) is 0 Å². The van der Waals surface area contributed by atoms with E-state index in [1.807, 2.05) is 0 Å². The second-order valence-electron chi connectivity index (χ2n) is 5.06. The zero-order chi connectivity index (χ0) is 19.7. The van der Waals surface area contributed by atoms with Gasteiger partial charge in [0.2, 0.25) is 10.0 Å². The van der Waals surface area contributed by atoms with E-state index < -0.39 is 55.4 Å². The molecule has 12 heteroatoms. The van der Waals surface area contributed by atoms with Crippen LogP contribution in [0, 0.1) is 21.7 Å². The SMILES string of the molecule is O=[N+]([O-])c1ccccc1CS(=O)(=O)Nc1cc(F)c(C(F)(F)F)cc1F. The normalized spacial score (nSPS) is 12.0. The summed E-state index contributed by atoms with van der Waals surface area (Å²) < 4.78 is 90.4. The first-order chi connectivity index (χ1) is 11.9. The molecule has 1 N–H and O–H groups in total. The summed E-state index contributed by atoms with van der Waals surface area (Å²) in [6.45, 7) is 0. The molecule has 6 nitrogen and oxygen atoms in total. The molecule has 0 aliphatic rings. The third-order valence-corrected chi connectivity index (χ3v) is 4.38. The van der Waals surface area contributed by atoms with Gasteiger partial charge in [-0.2, -0.15) is 13.2 Å². The molecule has 0 aromatic heterocycles. The smallest absolute Gasteiger partial charge is 0.280 e. The van der Waals surface area contributed by atoms with Crippen molar-refractivity contribution in [2.24, 2.45) is 0 Å². The summed E-state index contributed by atoms with van der Waals surface area (Å²) in [7, 11) is -4.47. The third kappa shape index (κ3) is 4.45. The third-order valence-electron chi connectivity index (χ3n) is 3.16. The molecule has 0 fully saturated rings. The van der Waals surface area contributed by atoms with Gasteiger partial charge < -0.3 is 0 Å². The maximum Gasteiger partial charge on any atom is 0.419 e. The van der Waals surface area contributed by atoms with Gasteiger partial charge in [0.1, 0.15) is 17.4 Å². The molecule has 0 amide bonds. The second-order valence-corrected chi connectivity index (χ2v) is 6.78. The van der Waals surface area contributed by atoms with E-state index in [1.165, 1.54) is 12.1 Å². The van der Waals surface area contributed by atoms with Crippen molar-refractivity contribution < 1.29 is 35.3 Å². The minimum Gasteiger partial charge on any atom is -0.280 e. The molecule has 0 heterocycles. The highest BCUT2D eigenvalue weighted by Crippen LogP contribution is 2.34. The first kappa shape index (κ1) is 19.6. The minimum absolute atomic E-state index is 0.0507. The van der Waals surface area contributed by atoms with Gasteiger partial charge in [0, 0.05) is 17.7 Å². The Labute approximate surface area is 143 Å². The van der Waals surface area contributed by atoms with Gasteiger partial charge >= 0.3 is 6.18 Å². The van der Waals surface area contributed by atoms with Gasteiger partial charge in [-0.25, -0.2) is 17.2 Å². The molecule has 0 atom stereocenters. The van der Waals surface area contributed by atoms with Crippen molar-refractivity contribution in [3.05, 3.63) is 69.3 Å². The topological polar surface area (TPSA) is 89.3 Å².